The Morgan fingerprint density at radius 1 is 1.30 bits per heavy atom. The Labute approximate surface area is 122 Å². The predicted octanol–water partition coefficient (Wildman–Crippen LogP) is 2.33. The molecule has 0 saturated carbocycles. The maximum Gasteiger partial charge on any atom is 0.252 e. The van der Waals surface area contributed by atoms with Crippen molar-refractivity contribution in [2.45, 2.75) is 19.8 Å². The van der Waals surface area contributed by atoms with Gasteiger partial charge >= 0.3 is 0 Å². The van der Waals surface area contributed by atoms with Gasteiger partial charge in [0.2, 0.25) is 0 Å². The van der Waals surface area contributed by atoms with Crippen molar-refractivity contribution in [3.63, 3.8) is 0 Å². The number of pyridine rings is 1. The van der Waals surface area contributed by atoms with E-state index in [9.17, 15) is 4.79 Å². The molecule has 2 rings (SSSR count). The van der Waals surface area contributed by atoms with Crippen molar-refractivity contribution in [3.8, 4) is 0 Å². The molecule has 0 fully saturated rings. The minimum atomic E-state index is -0.102. The van der Waals surface area contributed by atoms with Gasteiger partial charge in [0.25, 0.3) is 5.91 Å². The third-order valence-corrected chi connectivity index (χ3v) is 3.37. The highest BCUT2D eigenvalue weighted by molar-refractivity contribution is 7.07. The molecule has 20 heavy (non-hydrogen) atoms. The van der Waals surface area contributed by atoms with Crippen LogP contribution in [-0.4, -0.2) is 29.0 Å². The van der Waals surface area contributed by atoms with Gasteiger partial charge in [0.1, 0.15) is 5.82 Å². The maximum absolute atomic E-state index is 11.9. The molecule has 0 atom stereocenters. The van der Waals surface area contributed by atoms with Crippen molar-refractivity contribution < 1.29 is 4.79 Å². The van der Waals surface area contributed by atoms with Crippen LogP contribution >= 0.6 is 11.3 Å². The number of carbonyl (C=O) groups is 1. The van der Waals surface area contributed by atoms with E-state index < -0.39 is 0 Å². The lowest BCUT2D eigenvalue weighted by Gasteiger charge is -2.06. The zero-order valence-corrected chi connectivity index (χ0v) is 12.2. The standard InChI is InChI=1S/C14H18N4OS/c1-2-6-15-13-4-3-11(8-17-13)14(19)16-7-5-12-9-20-10-18-12/h3-4,8-10H,2,5-7H2,1H3,(H,15,17)(H,16,19). The number of hydrogen-bond acceptors (Lipinski definition) is 5. The Kier molecular flexibility index (Phi) is 5.49. The third-order valence-electron chi connectivity index (χ3n) is 2.73. The summed E-state index contributed by atoms with van der Waals surface area (Å²) in [6, 6.07) is 3.61. The number of carbonyl (C=O) groups excluding carboxylic acids is 1. The second kappa shape index (κ2) is 7.59. The van der Waals surface area contributed by atoms with Crippen LogP contribution in [0.25, 0.3) is 0 Å². The molecule has 0 radical (unpaired) electrons. The van der Waals surface area contributed by atoms with Gasteiger partial charge in [-0.1, -0.05) is 6.92 Å². The van der Waals surface area contributed by atoms with E-state index in [1.54, 1.807) is 29.1 Å². The molecule has 0 aromatic carbocycles. The SMILES string of the molecule is CCCNc1ccc(C(=O)NCCc2cscn2)cn1. The molecule has 0 aliphatic carbocycles. The summed E-state index contributed by atoms with van der Waals surface area (Å²) < 4.78 is 0. The van der Waals surface area contributed by atoms with E-state index in [2.05, 4.69) is 27.5 Å². The van der Waals surface area contributed by atoms with Gasteiger partial charge < -0.3 is 10.6 Å². The highest BCUT2D eigenvalue weighted by atomic mass is 32.1. The van der Waals surface area contributed by atoms with E-state index in [0.717, 1.165) is 30.9 Å². The van der Waals surface area contributed by atoms with Gasteiger partial charge in [0.05, 0.1) is 16.8 Å². The van der Waals surface area contributed by atoms with Crippen LogP contribution in [-0.2, 0) is 6.42 Å². The topological polar surface area (TPSA) is 66.9 Å². The summed E-state index contributed by atoms with van der Waals surface area (Å²) in [7, 11) is 0. The molecule has 0 bridgehead atoms. The molecule has 0 aliphatic heterocycles. The molecular weight excluding hydrogens is 272 g/mol. The van der Waals surface area contributed by atoms with E-state index in [1.165, 1.54) is 0 Å². The summed E-state index contributed by atoms with van der Waals surface area (Å²) in [6.07, 6.45) is 3.38. The van der Waals surface area contributed by atoms with E-state index in [-0.39, 0.29) is 5.91 Å². The summed E-state index contributed by atoms with van der Waals surface area (Å²) in [4.78, 5) is 20.3. The molecule has 0 unspecified atom stereocenters. The largest absolute Gasteiger partial charge is 0.370 e. The van der Waals surface area contributed by atoms with Crippen LogP contribution in [0.2, 0.25) is 0 Å². The second-order valence-corrected chi connectivity index (χ2v) is 5.06. The molecule has 5 nitrogen and oxygen atoms in total. The molecular formula is C14H18N4OS. The minimum absolute atomic E-state index is 0.102. The van der Waals surface area contributed by atoms with Gasteiger partial charge in [0.15, 0.2) is 0 Å². The number of aromatic nitrogens is 2. The van der Waals surface area contributed by atoms with Crippen LogP contribution < -0.4 is 10.6 Å². The van der Waals surface area contributed by atoms with E-state index in [0.29, 0.717) is 12.1 Å². The first-order valence-electron chi connectivity index (χ1n) is 6.64. The molecule has 0 saturated heterocycles. The van der Waals surface area contributed by atoms with Crippen molar-refractivity contribution in [2.24, 2.45) is 0 Å². The van der Waals surface area contributed by atoms with Gasteiger partial charge in [-0.25, -0.2) is 9.97 Å². The number of nitrogens with one attached hydrogen (secondary N) is 2. The first kappa shape index (κ1) is 14.5. The second-order valence-electron chi connectivity index (χ2n) is 4.34. The Morgan fingerprint density at radius 2 is 2.20 bits per heavy atom. The normalized spacial score (nSPS) is 10.2. The molecule has 6 heteroatoms. The van der Waals surface area contributed by atoms with Crippen molar-refractivity contribution >= 4 is 23.1 Å². The molecule has 0 aliphatic rings. The molecule has 0 spiro atoms. The van der Waals surface area contributed by atoms with Gasteiger partial charge in [-0.05, 0) is 18.6 Å². The van der Waals surface area contributed by atoms with E-state index in [1.807, 2.05) is 11.4 Å². The molecule has 2 heterocycles. The number of nitrogens with zero attached hydrogens (tertiary/aromatic N) is 2. The van der Waals surface area contributed by atoms with E-state index >= 15 is 0 Å². The Balaban J connectivity index is 1.79. The number of rotatable bonds is 7. The average Bonchev–Trinajstić information content (AvgIpc) is 2.99. The fraction of sp³-hybridized carbons (Fsp3) is 0.357. The van der Waals surface area contributed by atoms with Crippen molar-refractivity contribution in [3.05, 3.63) is 40.5 Å². The average molecular weight is 290 g/mol. The Bertz CT molecular complexity index is 525. The molecule has 2 aromatic rings. The van der Waals surface area contributed by atoms with Crippen LogP contribution in [0.1, 0.15) is 29.4 Å². The molecule has 106 valence electrons. The van der Waals surface area contributed by atoms with Crippen molar-refractivity contribution in [1.82, 2.24) is 15.3 Å². The number of anilines is 1. The highest BCUT2D eigenvalue weighted by Gasteiger charge is 2.05. The zero-order chi connectivity index (χ0) is 14.2. The molecule has 2 N–H and O–H groups in total. The van der Waals surface area contributed by atoms with Crippen LogP contribution in [0.4, 0.5) is 5.82 Å². The first-order valence-corrected chi connectivity index (χ1v) is 7.59. The third kappa shape index (κ3) is 4.31. The number of thiazole rings is 1. The smallest absolute Gasteiger partial charge is 0.252 e. The van der Waals surface area contributed by atoms with Crippen LogP contribution in [0.15, 0.2) is 29.2 Å². The summed E-state index contributed by atoms with van der Waals surface area (Å²) in [6.45, 7) is 3.56. The number of hydrogen-bond donors (Lipinski definition) is 2. The van der Waals surface area contributed by atoms with E-state index in [4.69, 9.17) is 0 Å². The fourth-order valence-electron chi connectivity index (χ4n) is 1.65. The summed E-state index contributed by atoms with van der Waals surface area (Å²) >= 11 is 1.56. The van der Waals surface area contributed by atoms with Gasteiger partial charge in [0, 0.05) is 31.1 Å². The summed E-state index contributed by atoms with van der Waals surface area (Å²) in [5.74, 6) is 0.695. The van der Waals surface area contributed by atoms with Crippen LogP contribution in [0.5, 0.6) is 0 Å². The Morgan fingerprint density at radius 3 is 2.85 bits per heavy atom. The quantitative estimate of drug-likeness (QED) is 0.821. The van der Waals surface area contributed by atoms with Crippen molar-refractivity contribution in [1.29, 1.82) is 0 Å². The first-order chi connectivity index (χ1) is 9.79. The lowest BCUT2D eigenvalue weighted by Crippen LogP contribution is -2.25. The molecule has 2 aromatic heterocycles. The lowest BCUT2D eigenvalue weighted by atomic mass is 10.2. The lowest BCUT2D eigenvalue weighted by molar-refractivity contribution is 0.0954. The summed E-state index contributed by atoms with van der Waals surface area (Å²) in [5, 5.41) is 8.03. The fourth-order valence-corrected chi connectivity index (χ4v) is 2.25. The monoisotopic (exact) mass is 290 g/mol. The van der Waals surface area contributed by atoms with Crippen LogP contribution in [0, 0.1) is 0 Å². The molecule has 1 amide bonds. The van der Waals surface area contributed by atoms with Gasteiger partial charge in [-0.15, -0.1) is 11.3 Å². The minimum Gasteiger partial charge on any atom is -0.370 e. The Hall–Kier alpha value is -1.95. The van der Waals surface area contributed by atoms with Crippen molar-refractivity contribution in [2.75, 3.05) is 18.4 Å². The van der Waals surface area contributed by atoms with Crippen LogP contribution in [0.3, 0.4) is 0 Å². The maximum atomic E-state index is 11.9. The summed E-state index contributed by atoms with van der Waals surface area (Å²) in [5.41, 5.74) is 3.38. The number of amides is 1. The predicted molar refractivity (Wildman–Crippen MR) is 81.2 cm³/mol. The van der Waals surface area contributed by atoms with Gasteiger partial charge in [-0.2, -0.15) is 0 Å². The van der Waals surface area contributed by atoms with Gasteiger partial charge in [-0.3, -0.25) is 4.79 Å². The highest BCUT2D eigenvalue weighted by Crippen LogP contribution is 2.05. The zero-order valence-electron chi connectivity index (χ0n) is 11.4.